The molecule has 24 heavy (non-hydrogen) atoms. The van der Waals surface area contributed by atoms with E-state index in [0.717, 1.165) is 22.5 Å². The molecule has 0 radical (unpaired) electrons. The Balaban J connectivity index is 1.62. The van der Waals surface area contributed by atoms with Gasteiger partial charge in [-0.15, -0.1) is 0 Å². The molecule has 1 amide bonds. The van der Waals surface area contributed by atoms with Gasteiger partial charge in [0.2, 0.25) is 5.91 Å². The molecule has 0 saturated carbocycles. The number of carbonyl (C=O) groups excluding carboxylic acids is 1. The Morgan fingerprint density at radius 3 is 2.12 bits per heavy atom. The number of nitrogens with zero attached hydrogens (tertiary/aromatic N) is 1. The molecule has 0 bridgehead atoms. The lowest BCUT2D eigenvalue weighted by Crippen LogP contribution is -2.31. The van der Waals surface area contributed by atoms with Gasteiger partial charge in [0, 0.05) is 23.8 Å². The fraction of sp³-hybridized carbons (Fsp3) is 0.100. The van der Waals surface area contributed by atoms with Crippen LogP contribution in [-0.4, -0.2) is 16.9 Å². The van der Waals surface area contributed by atoms with Gasteiger partial charge in [0.05, 0.1) is 0 Å². The Kier molecular flexibility index (Phi) is 4.87. The van der Waals surface area contributed by atoms with Crippen molar-refractivity contribution in [3.05, 3.63) is 79.1 Å². The molecule has 0 saturated heterocycles. The average Bonchev–Trinajstić information content (AvgIpc) is 2.64. The molecule has 0 aliphatic rings. The zero-order chi connectivity index (χ0) is 16.8. The van der Waals surface area contributed by atoms with Crippen molar-refractivity contribution in [3.63, 3.8) is 0 Å². The average molecular weight is 317 g/mol. The van der Waals surface area contributed by atoms with Gasteiger partial charge in [0.25, 0.3) is 0 Å². The second-order valence-electron chi connectivity index (χ2n) is 5.53. The van der Waals surface area contributed by atoms with Crippen LogP contribution < -0.4 is 10.6 Å². The van der Waals surface area contributed by atoms with Crippen molar-refractivity contribution in [2.45, 2.75) is 13.0 Å². The number of carbonyl (C=O) groups is 1. The minimum atomic E-state index is -0.327. The Labute approximate surface area is 141 Å². The number of pyridine rings is 1. The normalized spacial score (nSPS) is 11.5. The van der Waals surface area contributed by atoms with Crippen LogP contribution in [-0.2, 0) is 4.79 Å². The topological polar surface area (TPSA) is 54.0 Å². The molecule has 0 aliphatic carbocycles. The Hall–Kier alpha value is -3.14. The number of hydrogen-bond donors (Lipinski definition) is 2. The summed E-state index contributed by atoms with van der Waals surface area (Å²) in [6.07, 6.45) is 3.53. The van der Waals surface area contributed by atoms with Crippen LogP contribution in [0.2, 0.25) is 0 Å². The van der Waals surface area contributed by atoms with Crippen LogP contribution in [0.25, 0.3) is 11.1 Å². The monoisotopic (exact) mass is 317 g/mol. The van der Waals surface area contributed by atoms with Crippen LogP contribution in [0.5, 0.6) is 0 Å². The summed E-state index contributed by atoms with van der Waals surface area (Å²) in [5.74, 6) is -0.0736. The van der Waals surface area contributed by atoms with Crippen LogP contribution in [0, 0.1) is 0 Å². The molecule has 3 rings (SSSR count). The first-order valence-corrected chi connectivity index (χ1v) is 7.85. The first-order valence-electron chi connectivity index (χ1n) is 7.85. The van der Waals surface area contributed by atoms with Crippen molar-refractivity contribution in [3.8, 4) is 11.1 Å². The van der Waals surface area contributed by atoms with Crippen LogP contribution in [0.15, 0.2) is 79.1 Å². The van der Waals surface area contributed by atoms with Crippen molar-refractivity contribution >= 4 is 17.3 Å². The molecule has 1 heterocycles. The van der Waals surface area contributed by atoms with Gasteiger partial charge in [-0.05, 0) is 54.4 Å². The summed E-state index contributed by atoms with van der Waals surface area (Å²) in [7, 11) is 0. The quantitative estimate of drug-likeness (QED) is 0.742. The molecule has 4 nitrogen and oxygen atoms in total. The van der Waals surface area contributed by atoms with Gasteiger partial charge in [-0.25, -0.2) is 0 Å². The highest BCUT2D eigenvalue weighted by atomic mass is 16.2. The predicted octanol–water partition coefficient (Wildman–Crippen LogP) is 4.19. The zero-order valence-electron chi connectivity index (χ0n) is 13.4. The first kappa shape index (κ1) is 15.7. The maximum absolute atomic E-state index is 12.3. The number of benzene rings is 2. The van der Waals surface area contributed by atoms with Gasteiger partial charge in [-0.3, -0.25) is 9.78 Å². The molecule has 3 aromatic rings. The summed E-state index contributed by atoms with van der Waals surface area (Å²) in [4.78, 5) is 16.3. The second-order valence-corrected chi connectivity index (χ2v) is 5.53. The van der Waals surface area contributed by atoms with Crippen molar-refractivity contribution < 1.29 is 4.79 Å². The summed E-state index contributed by atoms with van der Waals surface area (Å²) in [5.41, 5.74) is 3.89. The highest BCUT2D eigenvalue weighted by Gasteiger charge is 2.12. The van der Waals surface area contributed by atoms with Crippen LogP contribution in [0.3, 0.4) is 0 Å². The summed E-state index contributed by atoms with van der Waals surface area (Å²) in [5, 5.41) is 6.11. The molecule has 0 unspecified atom stereocenters. The third-order valence-electron chi connectivity index (χ3n) is 3.72. The molecule has 0 spiro atoms. The third-order valence-corrected chi connectivity index (χ3v) is 3.72. The molecular weight excluding hydrogens is 298 g/mol. The van der Waals surface area contributed by atoms with E-state index in [1.165, 1.54) is 0 Å². The van der Waals surface area contributed by atoms with Crippen molar-refractivity contribution in [1.82, 2.24) is 4.98 Å². The molecule has 0 fully saturated rings. The molecular formula is C20H19N3O. The highest BCUT2D eigenvalue weighted by molar-refractivity contribution is 5.96. The third kappa shape index (κ3) is 3.98. The number of aromatic nitrogens is 1. The number of hydrogen-bond acceptors (Lipinski definition) is 3. The lowest BCUT2D eigenvalue weighted by atomic mass is 10.1. The van der Waals surface area contributed by atoms with E-state index in [0.29, 0.717) is 0 Å². The molecule has 1 atom stereocenters. The molecule has 2 aromatic carbocycles. The van der Waals surface area contributed by atoms with Gasteiger partial charge in [-0.1, -0.05) is 30.3 Å². The van der Waals surface area contributed by atoms with Crippen molar-refractivity contribution in [1.29, 1.82) is 0 Å². The summed E-state index contributed by atoms with van der Waals surface area (Å²) in [6.45, 7) is 1.84. The Morgan fingerprint density at radius 2 is 1.46 bits per heavy atom. The number of amides is 1. The lowest BCUT2D eigenvalue weighted by molar-refractivity contribution is -0.116. The maximum atomic E-state index is 12.3. The fourth-order valence-electron chi connectivity index (χ4n) is 2.39. The van der Waals surface area contributed by atoms with Crippen molar-refractivity contribution in [2.24, 2.45) is 0 Å². The molecule has 120 valence electrons. The van der Waals surface area contributed by atoms with E-state index >= 15 is 0 Å². The Morgan fingerprint density at radius 1 is 0.833 bits per heavy atom. The van der Waals surface area contributed by atoms with Crippen LogP contribution in [0.4, 0.5) is 11.4 Å². The Bertz CT molecular complexity index is 786. The van der Waals surface area contributed by atoms with E-state index in [4.69, 9.17) is 0 Å². The molecule has 4 heteroatoms. The largest absolute Gasteiger partial charge is 0.374 e. The van der Waals surface area contributed by atoms with E-state index in [1.54, 1.807) is 12.4 Å². The van der Waals surface area contributed by atoms with Crippen LogP contribution in [0.1, 0.15) is 6.92 Å². The van der Waals surface area contributed by atoms with E-state index in [9.17, 15) is 4.79 Å². The van der Waals surface area contributed by atoms with E-state index in [-0.39, 0.29) is 11.9 Å². The number of nitrogens with one attached hydrogen (secondary N) is 2. The predicted molar refractivity (Wildman–Crippen MR) is 97.8 cm³/mol. The number of anilines is 2. The lowest BCUT2D eigenvalue weighted by Gasteiger charge is -2.15. The fourth-order valence-corrected chi connectivity index (χ4v) is 2.39. The smallest absolute Gasteiger partial charge is 0.246 e. The summed E-state index contributed by atoms with van der Waals surface area (Å²) in [6, 6.07) is 21.1. The van der Waals surface area contributed by atoms with Gasteiger partial charge >= 0.3 is 0 Å². The molecule has 1 aromatic heterocycles. The van der Waals surface area contributed by atoms with E-state index < -0.39 is 0 Å². The zero-order valence-corrected chi connectivity index (χ0v) is 13.4. The standard InChI is InChI=1S/C20H19N3O/c1-15(22-18-5-3-2-4-6-18)20(24)23-19-9-7-16(8-10-19)17-11-13-21-14-12-17/h2-15,22H,1H3,(H,23,24)/t15-/m0/s1. The maximum Gasteiger partial charge on any atom is 0.246 e. The van der Waals surface area contributed by atoms with Crippen molar-refractivity contribution in [2.75, 3.05) is 10.6 Å². The van der Waals surface area contributed by atoms with E-state index in [1.807, 2.05) is 73.7 Å². The van der Waals surface area contributed by atoms with Crippen LogP contribution >= 0.6 is 0 Å². The van der Waals surface area contributed by atoms with Gasteiger partial charge in [-0.2, -0.15) is 0 Å². The number of para-hydroxylation sites is 1. The summed E-state index contributed by atoms with van der Waals surface area (Å²) < 4.78 is 0. The first-order chi connectivity index (χ1) is 11.7. The molecule has 0 aliphatic heterocycles. The van der Waals surface area contributed by atoms with Gasteiger partial charge < -0.3 is 10.6 Å². The minimum Gasteiger partial charge on any atom is -0.374 e. The number of rotatable bonds is 5. The minimum absolute atomic E-state index is 0.0736. The van der Waals surface area contributed by atoms with Gasteiger partial charge in [0.15, 0.2) is 0 Å². The van der Waals surface area contributed by atoms with E-state index in [2.05, 4.69) is 15.6 Å². The SMILES string of the molecule is C[C@H](Nc1ccccc1)C(=O)Nc1ccc(-c2ccncc2)cc1. The summed E-state index contributed by atoms with van der Waals surface area (Å²) >= 11 is 0. The highest BCUT2D eigenvalue weighted by Crippen LogP contribution is 2.20. The second kappa shape index (κ2) is 7.42. The molecule has 2 N–H and O–H groups in total. The van der Waals surface area contributed by atoms with Gasteiger partial charge in [0.1, 0.15) is 6.04 Å².